The van der Waals surface area contributed by atoms with Gasteiger partial charge in [-0.25, -0.2) is 0 Å². The van der Waals surface area contributed by atoms with Crippen LogP contribution in [0.1, 0.15) is 43.4 Å². The topological polar surface area (TPSA) is 45.8 Å². The summed E-state index contributed by atoms with van der Waals surface area (Å²) in [6, 6.07) is 8.59. The standard InChI is InChI=1S/C29H39N3O2/c1-5-10-27(33-4)21-23(2)15-20-34-29-14-9-13-28(31-29)26-12-8-11-25(22-26)24(3)30-16-19-32-17-6-7-18-32/h5,8-14,21-22,28,30-31H,1,3,6-7,15-20H2,2,4H3/b23-21+,27-10+. The van der Waals surface area contributed by atoms with E-state index < -0.39 is 0 Å². The Kier molecular flexibility index (Phi) is 10.1. The molecule has 1 aromatic carbocycles. The normalized spacial score (nSPS) is 18.8. The molecular formula is C29H39N3O2. The monoisotopic (exact) mass is 461 g/mol. The van der Waals surface area contributed by atoms with Crippen molar-refractivity contribution in [3.05, 3.63) is 102 Å². The van der Waals surface area contributed by atoms with E-state index in [9.17, 15) is 0 Å². The molecule has 0 spiro atoms. The van der Waals surface area contributed by atoms with Crippen LogP contribution in [-0.2, 0) is 9.47 Å². The summed E-state index contributed by atoms with van der Waals surface area (Å²) in [5, 5.41) is 6.98. The van der Waals surface area contributed by atoms with Gasteiger partial charge >= 0.3 is 0 Å². The van der Waals surface area contributed by atoms with Crippen LogP contribution in [0, 0.1) is 0 Å². The number of benzene rings is 1. The molecule has 34 heavy (non-hydrogen) atoms. The Morgan fingerprint density at radius 2 is 2.12 bits per heavy atom. The highest BCUT2D eigenvalue weighted by atomic mass is 16.5. The van der Waals surface area contributed by atoms with Gasteiger partial charge in [-0.05, 0) is 68.3 Å². The van der Waals surface area contributed by atoms with Gasteiger partial charge in [-0.2, -0.15) is 0 Å². The quantitative estimate of drug-likeness (QED) is 0.302. The molecule has 2 heterocycles. The Hall–Kier alpha value is -3.18. The average molecular weight is 462 g/mol. The highest BCUT2D eigenvalue weighted by molar-refractivity contribution is 5.62. The van der Waals surface area contributed by atoms with E-state index in [1.165, 1.54) is 37.1 Å². The summed E-state index contributed by atoms with van der Waals surface area (Å²) in [5.74, 6) is 1.57. The van der Waals surface area contributed by atoms with Gasteiger partial charge in [-0.15, -0.1) is 0 Å². The van der Waals surface area contributed by atoms with Crippen LogP contribution in [0.3, 0.4) is 0 Å². The van der Waals surface area contributed by atoms with Crippen LogP contribution in [0.5, 0.6) is 0 Å². The molecule has 0 aromatic heterocycles. The molecule has 3 rings (SSSR count). The fourth-order valence-electron chi connectivity index (χ4n) is 4.11. The summed E-state index contributed by atoms with van der Waals surface area (Å²) in [6.45, 7) is 15.1. The van der Waals surface area contributed by atoms with Crippen molar-refractivity contribution in [1.82, 2.24) is 15.5 Å². The molecule has 1 saturated heterocycles. The summed E-state index contributed by atoms with van der Waals surface area (Å²) < 4.78 is 11.3. The van der Waals surface area contributed by atoms with Crippen LogP contribution in [0.2, 0.25) is 0 Å². The first-order valence-corrected chi connectivity index (χ1v) is 12.2. The minimum atomic E-state index is 0.0598. The molecule has 2 aliphatic rings. The number of hydrogen-bond donors (Lipinski definition) is 2. The Labute approximate surface area is 205 Å². The Bertz CT molecular complexity index is 952. The molecule has 2 N–H and O–H groups in total. The smallest absolute Gasteiger partial charge is 0.187 e. The minimum absolute atomic E-state index is 0.0598. The third-order valence-electron chi connectivity index (χ3n) is 6.07. The van der Waals surface area contributed by atoms with Crippen molar-refractivity contribution in [3.8, 4) is 0 Å². The lowest BCUT2D eigenvalue weighted by molar-refractivity contribution is 0.188. The first kappa shape index (κ1) is 25.4. The first-order chi connectivity index (χ1) is 16.6. The molecule has 5 nitrogen and oxygen atoms in total. The second kappa shape index (κ2) is 13.5. The molecule has 1 aromatic rings. The van der Waals surface area contributed by atoms with Crippen LogP contribution >= 0.6 is 0 Å². The van der Waals surface area contributed by atoms with Gasteiger partial charge in [0.2, 0.25) is 0 Å². The maximum atomic E-state index is 6.00. The summed E-state index contributed by atoms with van der Waals surface area (Å²) in [7, 11) is 1.66. The highest BCUT2D eigenvalue weighted by Crippen LogP contribution is 2.23. The number of dihydropyridines is 1. The number of allylic oxidation sites excluding steroid dienone is 5. The van der Waals surface area contributed by atoms with E-state index in [1.807, 2.05) is 24.3 Å². The van der Waals surface area contributed by atoms with Crippen LogP contribution in [0.4, 0.5) is 0 Å². The zero-order valence-electron chi connectivity index (χ0n) is 20.7. The molecule has 1 fully saturated rings. The number of hydrogen-bond acceptors (Lipinski definition) is 5. The average Bonchev–Trinajstić information content (AvgIpc) is 3.37. The molecule has 0 saturated carbocycles. The van der Waals surface area contributed by atoms with E-state index >= 15 is 0 Å². The van der Waals surface area contributed by atoms with E-state index in [-0.39, 0.29) is 6.04 Å². The summed E-state index contributed by atoms with van der Waals surface area (Å²) in [4.78, 5) is 2.51. The zero-order chi connectivity index (χ0) is 24.2. The Morgan fingerprint density at radius 1 is 1.29 bits per heavy atom. The predicted octanol–water partition coefficient (Wildman–Crippen LogP) is 5.45. The highest BCUT2D eigenvalue weighted by Gasteiger charge is 2.15. The molecule has 1 unspecified atom stereocenters. The number of nitrogens with zero attached hydrogens (tertiary/aromatic N) is 1. The number of likely N-dealkylation sites (tertiary alicyclic amines) is 1. The van der Waals surface area contributed by atoms with Crippen LogP contribution in [0.25, 0.3) is 5.70 Å². The Morgan fingerprint density at radius 3 is 2.88 bits per heavy atom. The lowest BCUT2D eigenvalue weighted by Crippen LogP contribution is -2.29. The van der Waals surface area contributed by atoms with Crippen LogP contribution in [-0.4, -0.2) is 44.8 Å². The molecule has 0 amide bonds. The van der Waals surface area contributed by atoms with E-state index in [0.29, 0.717) is 6.61 Å². The van der Waals surface area contributed by atoms with Crippen molar-refractivity contribution >= 4 is 5.70 Å². The maximum Gasteiger partial charge on any atom is 0.187 e. The number of nitrogens with one attached hydrogen (secondary N) is 2. The summed E-state index contributed by atoms with van der Waals surface area (Å²) >= 11 is 0. The lowest BCUT2D eigenvalue weighted by atomic mass is 10.0. The molecule has 1 atom stereocenters. The molecular weight excluding hydrogens is 422 g/mol. The predicted molar refractivity (Wildman–Crippen MR) is 142 cm³/mol. The van der Waals surface area contributed by atoms with Crippen molar-refractivity contribution in [1.29, 1.82) is 0 Å². The lowest BCUT2D eigenvalue weighted by Gasteiger charge is -2.23. The fourth-order valence-corrected chi connectivity index (χ4v) is 4.11. The molecule has 0 aliphatic carbocycles. The Balaban J connectivity index is 1.48. The first-order valence-electron chi connectivity index (χ1n) is 12.2. The van der Waals surface area contributed by atoms with Crippen molar-refractivity contribution in [2.45, 2.75) is 32.2 Å². The molecule has 2 aliphatic heterocycles. The SMILES string of the molecule is C=C/C=C(\C=C(/C)CCOC1=CC=CC(c2cccc(C(=C)NCCN3CCCC3)c2)N1)OC. The van der Waals surface area contributed by atoms with Crippen molar-refractivity contribution < 1.29 is 9.47 Å². The molecule has 0 radical (unpaired) electrons. The van der Waals surface area contributed by atoms with Crippen molar-refractivity contribution in [3.63, 3.8) is 0 Å². The molecule has 0 bridgehead atoms. The second-order valence-corrected chi connectivity index (χ2v) is 8.72. The van der Waals surface area contributed by atoms with E-state index in [4.69, 9.17) is 9.47 Å². The fraction of sp³-hybridized carbons (Fsp3) is 0.379. The second-order valence-electron chi connectivity index (χ2n) is 8.72. The minimum Gasteiger partial charge on any atom is -0.497 e. The van der Waals surface area contributed by atoms with Gasteiger partial charge in [0.25, 0.3) is 0 Å². The number of ether oxygens (including phenoxy) is 2. The van der Waals surface area contributed by atoms with E-state index in [2.05, 4.69) is 66.0 Å². The maximum absolute atomic E-state index is 6.00. The molecule has 182 valence electrons. The van der Waals surface area contributed by atoms with Gasteiger partial charge in [-0.1, -0.05) is 55.2 Å². The number of rotatable bonds is 13. The van der Waals surface area contributed by atoms with E-state index in [1.54, 1.807) is 13.2 Å². The summed E-state index contributed by atoms with van der Waals surface area (Å²) in [6.07, 6.45) is 15.2. The zero-order valence-corrected chi connectivity index (χ0v) is 20.7. The van der Waals surface area contributed by atoms with Gasteiger partial charge in [0.15, 0.2) is 5.88 Å². The van der Waals surface area contributed by atoms with Gasteiger partial charge in [0.05, 0.1) is 19.8 Å². The van der Waals surface area contributed by atoms with Crippen LogP contribution in [0.15, 0.2) is 91.1 Å². The van der Waals surface area contributed by atoms with E-state index in [0.717, 1.165) is 42.4 Å². The third-order valence-corrected chi connectivity index (χ3v) is 6.07. The third kappa shape index (κ3) is 7.99. The van der Waals surface area contributed by atoms with Crippen molar-refractivity contribution in [2.75, 3.05) is 39.9 Å². The van der Waals surface area contributed by atoms with Crippen LogP contribution < -0.4 is 10.6 Å². The largest absolute Gasteiger partial charge is 0.497 e. The van der Waals surface area contributed by atoms with Gasteiger partial charge in [-0.3, -0.25) is 0 Å². The molecule has 5 heteroatoms. The number of methoxy groups -OCH3 is 1. The van der Waals surface area contributed by atoms with Gasteiger partial charge in [0, 0.05) is 25.2 Å². The summed E-state index contributed by atoms with van der Waals surface area (Å²) in [5.41, 5.74) is 4.45. The van der Waals surface area contributed by atoms with Gasteiger partial charge < -0.3 is 25.0 Å². The van der Waals surface area contributed by atoms with Crippen molar-refractivity contribution in [2.24, 2.45) is 0 Å². The van der Waals surface area contributed by atoms with Gasteiger partial charge in [0.1, 0.15) is 5.76 Å².